The number of nitrogens with zero attached hydrogens (tertiary/aromatic N) is 3. The lowest BCUT2D eigenvalue weighted by atomic mass is 10.1. The quantitative estimate of drug-likeness (QED) is 0.510. The van der Waals surface area contributed by atoms with Gasteiger partial charge in [0.15, 0.2) is 0 Å². The molecule has 0 saturated carbocycles. The first kappa shape index (κ1) is 22.5. The summed E-state index contributed by atoms with van der Waals surface area (Å²) in [4.78, 5) is 27.8. The van der Waals surface area contributed by atoms with Gasteiger partial charge in [-0.25, -0.2) is 0 Å². The van der Waals surface area contributed by atoms with Crippen LogP contribution in [0.4, 0.5) is 11.4 Å². The highest BCUT2D eigenvalue weighted by Crippen LogP contribution is 2.26. The van der Waals surface area contributed by atoms with Gasteiger partial charge in [-0.15, -0.1) is 0 Å². The highest BCUT2D eigenvalue weighted by atomic mass is 16.6. The van der Waals surface area contributed by atoms with E-state index in [-0.39, 0.29) is 17.3 Å². The number of para-hydroxylation sites is 2. The number of amides is 1. The van der Waals surface area contributed by atoms with Crippen molar-refractivity contribution in [1.82, 2.24) is 9.80 Å². The highest BCUT2D eigenvalue weighted by Gasteiger charge is 2.27. The first-order valence-electron chi connectivity index (χ1n) is 10.1. The molecule has 1 saturated heterocycles. The first-order valence-corrected chi connectivity index (χ1v) is 10.1. The Morgan fingerprint density at radius 3 is 2.48 bits per heavy atom. The lowest BCUT2D eigenvalue weighted by molar-refractivity contribution is -0.383. The Morgan fingerprint density at radius 1 is 1.13 bits per heavy atom. The summed E-state index contributed by atoms with van der Waals surface area (Å²) in [5, 5.41) is 13.9. The average Bonchev–Trinajstić information content (AvgIpc) is 2.79. The largest absolute Gasteiger partial charge is 0.497 e. The maximum absolute atomic E-state index is 12.7. The summed E-state index contributed by atoms with van der Waals surface area (Å²) >= 11 is 0. The standard InChI is InChI=1S/C22H28N4O5/c1-16(22(27)23-19-6-4-5-7-20(19)26(28)29)25-12-10-24(11-13-25)15-17-14-18(30-2)8-9-21(17)31-3/h4-9,14,16H,10-13,15H2,1-3H3,(H,23,27). The topological polar surface area (TPSA) is 97.2 Å². The normalized spacial score (nSPS) is 15.8. The minimum atomic E-state index is -0.494. The predicted molar refractivity (Wildman–Crippen MR) is 118 cm³/mol. The molecule has 0 radical (unpaired) electrons. The molecule has 1 aliphatic rings. The number of nitro groups is 1. The number of hydrogen-bond acceptors (Lipinski definition) is 7. The van der Waals surface area contributed by atoms with Crippen LogP contribution < -0.4 is 14.8 Å². The van der Waals surface area contributed by atoms with Crippen LogP contribution in [-0.2, 0) is 11.3 Å². The predicted octanol–water partition coefficient (Wildman–Crippen LogP) is 2.76. The first-order chi connectivity index (χ1) is 14.9. The molecule has 1 fully saturated rings. The van der Waals surface area contributed by atoms with E-state index < -0.39 is 11.0 Å². The summed E-state index contributed by atoms with van der Waals surface area (Å²) in [6.07, 6.45) is 0. The van der Waals surface area contributed by atoms with Gasteiger partial charge in [0, 0.05) is 44.4 Å². The van der Waals surface area contributed by atoms with Crippen LogP contribution in [-0.4, -0.2) is 67.1 Å². The summed E-state index contributed by atoms with van der Waals surface area (Å²) in [7, 11) is 3.29. The van der Waals surface area contributed by atoms with Crippen LogP contribution in [0.2, 0.25) is 0 Å². The molecule has 1 N–H and O–H groups in total. The van der Waals surface area contributed by atoms with Crippen LogP contribution in [0.25, 0.3) is 0 Å². The van der Waals surface area contributed by atoms with E-state index >= 15 is 0 Å². The molecule has 2 aromatic carbocycles. The van der Waals surface area contributed by atoms with E-state index in [0.717, 1.165) is 49.8 Å². The van der Waals surface area contributed by atoms with Crippen LogP contribution in [0.3, 0.4) is 0 Å². The minimum absolute atomic E-state index is 0.111. The number of carbonyl (C=O) groups excluding carboxylic acids is 1. The molecule has 1 unspecified atom stereocenters. The Hall–Kier alpha value is -3.17. The lowest BCUT2D eigenvalue weighted by Gasteiger charge is -2.37. The van der Waals surface area contributed by atoms with E-state index in [4.69, 9.17) is 9.47 Å². The molecule has 1 heterocycles. The SMILES string of the molecule is COc1ccc(OC)c(CN2CCN(C(C)C(=O)Nc3ccccc3[N+](=O)[O-])CC2)c1. The number of benzene rings is 2. The third-order valence-electron chi connectivity index (χ3n) is 5.57. The van der Waals surface area contributed by atoms with Crippen molar-refractivity contribution in [3.63, 3.8) is 0 Å². The number of nitro benzene ring substituents is 1. The van der Waals surface area contributed by atoms with Crippen molar-refractivity contribution in [2.45, 2.75) is 19.5 Å². The van der Waals surface area contributed by atoms with Crippen molar-refractivity contribution in [2.24, 2.45) is 0 Å². The number of ether oxygens (including phenoxy) is 2. The molecular formula is C22H28N4O5. The van der Waals surface area contributed by atoms with E-state index in [2.05, 4.69) is 15.1 Å². The Labute approximate surface area is 181 Å². The van der Waals surface area contributed by atoms with Crippen molar-refractivity contribution in [3.8, 4) is 11.5 Å². The smallest absolute Gasteiger partial charge is 0.292 e. The Morgan fingerprint density at radius 2 is 1.84 bits per heavy atom. The number of nitrogens with one attached hydrogen (secondary N) is 1. The summed E-state index contributed by atoms with van der Waals surface area (Å²) in [6.45, 7) is 5.58. The molecule has 0 aliphatic carbocycles. The van der Waals surface area contributed by atoms with Crippen LogP contribution in [0.15, 0.2) is 42.5 Å². The Balaban J connectivity index is 1.57. The monoisotopic (exact) mass is 428 g/mol. The molecule has 3 rings (SSSR count). The molecule has 0 aromatic heterocycles. The van der Waals surface area contributed by atoms with Gasteiger partial charge < -0.3 is 14.8 Å². The van der Waals surface area contributed by atoms with Crippen LogP contribution in [0, 0.1) is 10.1 Å². The Bertz CT molecular complexity index is 928. The summed E-state index contributed by atoms with van der Waals surface area (Å²) < 4.78 is 10.8. The zero-order valence-corrected chi connectivity index (χ0v) is 18.0. The second-order valence-electron chi connectivity index (χ2n) is 7.43. The van der Waals surface area contributed by atoms with E-state index in [1.54, 1.807) is 32.4 Å². The average molecular weight is 428 g/mol. The Kier molecular flexibility index (Phi) is 7.43. The van der Waals surface area contributed by atoms with Gasteiger partial charge in [-0.2, -0.15) is 0 Å². The molecule has 166 valence electrons. The van der Waals surface area contributed by atoms with Crippen molar-refractivity contribution in [3.05, 3.63) is 58.1 Å². The maximum Gasteiger partial charge on any atom is 0.292 e. The van der Waals surface area contributed by atoms with Gasteiger partial charge in [0.05, 0.1) is 25.2 Å². The van der Waals surface area contributed by atoms with Gasteiger partial charge >= 0.3 is 0 Å². The van der Waals surface area contributed by atoms with Crippen LogP contribution in [0.5, 0.6) is 11.5 Å². The van der Waals surface area contributed by atoms with Gasteiger partial charge in [-0.05, 0) is 31.2 Å². The molecular weight excluding hydrogens is 400 g/mol. The zero-order chi connectivity index (χ0) is 22.4. The van der Waals surface area contributed by atoms with Gasteiger partial charge in [0.2, 0.25) is 5.91 Å². The molecule has 9 nitrogen and oxygen atoms in total. The number of methoxy groups -OCH3 is 2. The molecule has 1 aliphatic heterocycles. The van der Waals surface area contributed by atoms with Gasteiger partial charge in [0.25, 0.3) is 5.69 Å². The fraction of sp³-hybridized carbons (Fsp3) is 0.409. The molecule has 1 amide bonds. The van der Waals surface area contributed by atoms with E-state index in [9.17, 15) is 14.9 Å². The second kappa shape index (κ2) is 10.2. The summed E-state index contributed by atoms with van der Waals surface area (Å²) in [6, 6.07) is 11.5. The van der Waals surface area contributed by atoms with Crippen molar-refractivity contribution < 1.29 is 19.2 Å². The molecule has 0 spiro atoms. The van der Waals surface area contributed by atoms with Gasteiger partial charge in [-0.1, -0.05) is 12.1 Å². The van der Waals surface area contributed by atoms with Crippen molar-refractivity contribution in [1.29, 1.82) is 0 Å². The summed E-state index contributed by atoms with van der Waals surface area (Å²) in [5.41, 5.74) is 1.16. The highest BCUT2D eigenvalue weighted by molar-refractivity contribution is 5.96. The van der Waals surface area contributed by atoms with Gasteiger partial charge in [0.1, 0.15) is 17.2 Å². The number of anilines is 1. The molecule has 9 heteroatoms. The third-order valence-corrected chi connectivity index (χ3v) is 5.57. The fourth-order valence-electron chi connectivity index (χ4n) is 3.70. The summed E-state index contributed by atoms with van der Waals surface area (Å²) in [5.74, 6) is 1.35. The molecule has 0 bridgehead atoms. The lowest BCUT2D eigenvalue weighted by Crippen LogP contribution is -2.52. The van der Waals surface area contributed by atoms with Crippen molar-refractivity contribution in [2.75, 3.05) is 45.7 Å². The van der Waals surface area contributed by atoms with Crippen LogP contribution in [0.1, 0.15) is 12.5 Å². The van der Waals surface area contributed by atoms with Gasteiger partial charge in [-0.3, -0.25) is 24.7 Å². The number of hydrogen-bond donors (Lipinski definition) is 1. The minimum Gasteiger partial charge on any atom is -0.497 e. The van der Waals surface area contributed by atoms with Crippen LogP contribution >= 0.6 is 0 Å². The molecule has 2 aromatic rings. The molecule has 31 heavy (non-hydrogen) atoms. The number of rotatable bonds is 8. The maximum atomic E-state index is 12.7. The van der Waals surface area contributed by atoms with E-state index in [1.807, 2.05) is 25.1 Å². The van der Waals surface area contributed by atoms with Crippen molar-refractivity contribution >= 4 is 17.3 Å². The number of piperazine rings is 1. The number of carbonyl (C=O) groups is 1. The van der Waals surface area contributed by atoms with E-state index in [0.29, 0.717) is 0 Å². The molecule has 1 atom stereocenters. The van der Waals surface area contributed by atoms with E-state index in [1.165, 1.54) is 6.07 Å². The third kappa shape index (κ3) is 5.50. The fourth-order valence-corrected chi connectivity index (χ4v) is 3.70. The zero-order valence-electron chi connectivity index (χ0n) is 18.0. The second-order valence-corrected chi connectivity index (χ2v) is 7.43.